The molecular weight excluding hydrogens is 184 g/mol. The minimum absolute atomic E-state index is 0.0497. The van der Waals surface area contributed by atoms with E-state index in [9.17, 15) is 0 Å². The minimum Gasteiger partial charge on any atom is -0.359 e. The lowest BCUT2D eigenvalue weighted by Crippen LogP contribution is -2.47. The summed E-state index contributed by atoms with van der Waals surface area (Å²) in [6.07, 6.45) is 5.35. The first-order chi connectivity index (χ1) is 7.10. The molecular formula is C13H24N2. The average molecular weight is 208 g/mol. The fraction of sp³-hybridized carbons (Fsp3) is 0.846. The van der Waals surface area contributed by atoms with E-state index in [-0.39, 0.29) is 5.54 Å². The molecule has 2 N–H and O–H groups in total. The third kappa shape index (κ3) is 3.43. The zero-order valence-electron chi connectivity index (χ0n) is 10.3. The number of piperidine rings is 1. The Labute approximate surface area is 94.2 Å². The van der Waals surface area contributed by atoms with Crippen molar-refractivity contribution >= 4 is 0 Å². The largest absolute Gasteiger partial charge is 0.359 e. The van der Waals surface area contributed by atoms with Gasteiger partial charge in [-0.2, -0.15) is 0 Å². The second kappa shape index (κ2) is 5.42. The predicted molar refractivity (Wildman–Crippen MR) is 65.2 cm³/mol. The summed E-state index contributed by atoms with van der Waals surface area (Å²) in [6.45, 7) is 8.94. The summed E-state index contributed by atoms with van der Waals surface area (Å²) < 4.78 is 0. The second-order valence-corrected chi connectivity index (χ2v) is 5.05. The van der Waals surface area contributed by atoms with E-state index in [1.807, 2.05) is 0 Å². The molecule has 0 aliphatic carbocycles. The van der Waals surface area contributed by atoms with Crippen LogP contribution in [0.3, 0.4) is 0 Å². The normalized spacial score (nSPS) is 19.7. The van der Waals surface area contributed by atoms with Gasteiger partial charge in [-0.05, 0) is 45.7 Å². The van der Waals surface area contributed by atoms with Crippen molar-refractivity contribution in [1.29, 1.82) is 0 Å². The lowest BCUT2D eigenvalue weighted by molar-refractivity contribution is 0.109. The molecule has 0 unspecified atom stereocenters. The zero-order chi connectivity index (χ0) is 11.3. The van der Waals surface area contributed by atoms with Crippen LogP contribution in [0.2, 0.25) is 0 Å². The summed E-state index contributed by atoms with van der Waals surface area (Å²) in [5.41, 5.74) is 5.26. The summed E-state index contributed by atoms with van der Waals surface area (Å²) in [5, 5.41) is 0. The van der Waals surface area contributed by atoms with Gasteiger partial charge in [-0.25, -0.2) is 0 Å². The molecule has 0 saturated carbocycles. The van der Waals surface area contributed by atoms with Crippen molar-refractivity contribution in [2.45, 2.75) is 52.0 Å². The molecule has 86 valence electrons. The van der Waals surface area contributed by atoms with Crippen molar-refractivity contribution in [2.24, 2.45) is 11.7 Å². The fourth-order valence-electron chi connectivity index (χ4n) is 2.44. The van der Waals surface area contributed by atoms with Crippen LogP contribution in [0.5, 0.6) is 0 Å². The SMILES string of the molecule is CCCC1CCN(C(C)(C)C#CN)CC1. The van der Waals surface area contributed by atoms with Crippen LogP contribution in [0, 0.1) is 17.9 Å². The molecule has 2 heteroatoms. The van der Waals surface area contributed by atoms with Crippen molar-refractivity contribution in [3.8, 4) is 12.0 Å². The van der Waals surface area contributed by atoms with Crippen molar-refractivity contribution in [2.75, 3.05) is 13.1 Å². The van der Waals surface area contributed by atoms with Gasteiger partial charge >= 0.3 is 0 Å². The Kier molecular flexibility index (Phi) is 4.47. The van der Waals surface area contributed by atoms with Crippen LogP contribution in [0.25, 0.3) is 0 Å². The molecule has 1 heterocycles. The number of likely N-dealkylation sites (tertiary alicyclic amines) is 1. The van der Waals surface area contributed by atoms with Crippen LogP contribution in [-0.4, -0.2) is 23.5 Å². The standard InChI is InChI=1S/C13H24N2/c1-4-5-12-6-10-15(11-7-12)13(2,3)8-9-14/h12H,4-7,10-11,14H2,1-3H3. The van der Waals surface area contributed by atoms with Crippen LogP contribution < -0.4 is 5.73 Å². The highest BCUT2D eigenvalue weighted by Gasteiger charge is 2.28. The van der Waals surface area contributed by atoms with E-state index in [0.717, 1.165) is 5.92 Å². The van der Waals surface area contributed by atoms with Crippen molar-refractivity contribution in [1.82, 2.24) is 4.90 Å². The lowest BCUT2D eigenvalue weighted by atomic mass is 9.89. The van der Waals surface area contributed by atoms with Gasteiger partial charge in [-0.15, -0.1) is 0 Å². The third-order valence-electron chi connectivity index (χ3n) is 3.48. The second-order valence-electron chi connectivity index (χ2n) is 5.05. The van der Waals surface area contributed by atoms with Crippen LogP contribution in [0.1, 0.15) is 46.5 Å². The van der Waals surface area contributed by atoms with Crippen LogP contribution in [-0.2, 0) is 0 Å². The van der Waals surface area contributed by atoms with Crippen LogP contribution in [0.15, 0.2) is 0 Å². The molecule has 1 fully saturated rings. The maximum atomic E-state index is 5.31. The van der Waals surface area contributed by atoms with Crippen molar-refractivity contribution in [3.63, 3.8) is 0 Å². The molecule has 0 atom stereocenters. The Balaban J connectivity index is 2.45. The molecule has 1 aliphatic rings. The van der Waals surface area contributed by atoms with E-state index in [2.05, 4.69) is 37.6 Å². The van der Waals surface area contributed by atoms with Gasteiger partial charge in [0.1, 0.15) is 0 Å². The first-order valence-electron chi connectivity index (χ1n) is 6.08. The molecule has 0 radical (unpaired) electrons. The Morgan fingerprint density at radius 2 is 1.93 bits per heavy atom. The number of nitrogens with two attached hydrogens (primary N) is 1. The molecule has 0 bridgehead atoms. The summed E-state index contributed by atoms with van der Waals surface area (Å²) in [5.74, 6) is 4.03. The van der Waals surface area contributed by atoms with Crippen molar-refractivity contribution in [3.05, 3.63) is 0 Å². The van der Waals surface area contributed by atoms with E-state index < -0.39 is 0 Å². The molecule has 0 aromatic heterocycles. The molecule has 0 aromatic rings. The topological polar surface area (TPSA) is 29.3 Å². The Hall–Kier alpha value is -0.680. The fourth-order valence-corrected chi connectivity index (χ4v) is 2.44. The van der Waals surface area contributed by atoms with Crippen molar-refractivity contribution < 1.29 is 0 Å². The minimum atomic E-state index is -0.0497. The lowest BCUT2D eigenvalue weighted by Gasteiger charge is -2.40. The molecule has 1 aliphatic heterocycles. The van der Waals surface area contributed by atoms with Gasteiger partial charge in [0, 0.05) is 6.04 Å². The smallest absolute Gasteiger partial charge is 0.0787 e. The summed E-state index contributed by atoms with van der Waals surface area (Å²) >= 11 is 0. The summed E-state index contributed by atoms with van der Waals surface area (Å²) in [6, 6.07) is 2.55. The number of hydrogen-bond acceptors (Lipinski definition) is 2. The maximum absolute atomic E-state index is 5.31. The highest BCUT2D eigenvalue weighted by molar-refractivity contribution is 5.13. The number of rotatable bonds is 3. The average Bonchev–Trinajstić information content (AvgIpc) is 2.19. The van der Waals surface area contributed by atoms with E-state index in [0.29, 0.717) is 0 Å². The Morgan fingerprint density at radius 3 is 2.40 bits per heavy atom. The first kappa shape index (κ1) is 12.4. The Bertz CT molecular complexity index is 239. The molecule has 0 spiro atoms. The molecule has 15 heavy (non-hydrogen) atoms. The van der Waals surface area contributed by atoms with E-state index >= 15 is 0 Å². The molecule has 1 rings (SSSR count). The third-order valence-corrected chi connectivity index (χ3v) is 3.48. The molecule has 0 aromatic carbocycles. The van der Waals surface area contributed by atoms with Gasteiger partial charge in [0.25, 0.3) is 0 Å². The first-order valence-corrected chi connectivity index (χ1v) is 6.08. The van der Waals surface area contributed by atoms with Gasteiger partial charge in [0.05, 0.1) is 5.54 Å². The molecule has 0 amide bonds. The summed E-state index contributed by atoms with van der Waals surface area (Å²) in [4.78, 5) is 2.46. The molecule has 2 nitrogen and oxygen atoms in total. The number of hydrogen-bond donors (Lipinski definition) is 1. The quantitative estimate of drug-likeness (QED) is 0.569. The zero-order valence-corrected chi connectivity index (χ0v) is 10.3. The van der Waals surface area contributed by atoms with E-state index in [4.69, 9.17) is 5.73 Å². The maximum Gasteiger partial charge on any atom is 0.0787 e. The Morgan fingerprint density at radius 1 is 1.33 bits per heavy atom. The van der Waals surface area contributed by atoms with E-state index in [1.54, 1.807) is 0 Å². The van der Waals surface area contributed by atoms with Crippen LogP contribution in [0.4, 0.5) is 0 Å². The van der Waals surface area contributed by atoms with Gasteiger partial charge in [-0.3, -0.25) is 4.90 Å². The van der Waals surface area contributed by atoms with Gasteiger partial charge in [-0.1, -0.05) is 25.7 Å². The van der Waals surface area contributed by atoms with Gasteiger partial charge in [0.2, 0.25) is 0 Å². The van der Waals surface area contributed by atoms with Gasteiger partial charge in [0.15, 0.2) is 0 Å². The highest BCUT2D eigenvalue weighted by Crippen LogP contribution is 2.26. The number of nitrogens with zero attached hydrogens (tertiary/aromatic N) is 1. The van der Waals surface area contributed by atoms with Gasteiger partial charge < -0.3 is 5.73 Å². The summed E-state index contributed by atoms with van der Waals surface area (Å²) in [7, 11) is 0. The van der Waals surface area contributed by atoms with E-state index in [1.165, 1.54) is 38.8 Å². The van der Waals surface area contributed by atoms with Crippen LogP contribution >= 0.6 is 0 Å². The monoisotopic (exact) mass is 208 g/mol. The molecule has 1 saturated heterocycles. The highest BCUT2D eigenvalue weighted by atomic mass is 15.2. The predicted octanol–water partition coefficient (Wildman–Crippen LogP) is 2.20.